The second-order valence-corrected chi connectivity index (χ2v) is 2.39. The van der Waals surface area contributed by atoms with Gasteiger partial charge in [-0.15, -0.1) is 0 Å². The van der Waals surface area contributed by atoms with E-state index in [-0.39, 0.29) is 0 Å². The van der Waals surface area contributed by atoms with Crippen molar-refractivity contribution in [1.82, 2.24) is 0 Å². The Bertz CT molecular complexity index is 262. The predicted molar refractivity (Wildman–Crippen MR) is 41.0 cm³/mol. The molecule has 2 N–H and O–H groups in total. The molecular weight excluding hydrogens is 125 g/mol. The van der Waals surface area contributed by atoms with E-state index in [9.17, 15) is 0 Å². The molecule has 0 bridgehead atoms. The van der Waals surface area contributed by atoms with Gasteiger partial charge in [0.1, 0.15) is 0 Å². The summed E-state index contributed by atoms with van der Waals surface area (Å²) in [5.41, 5.74) is 8.68. The summed E-state index contributed by atoms with van der Waals surface area (Å²) in [5, 5.41) is 0. The molecule has 2 rings (SSSR count). The lowest BCUT2D eigenvalue weighted by molar-refractivity contribution is 0.345. The number of benzene rings is 1. The molecule has 3 heteroatoms. The largest absolute Gasteiger partial charge is 0.430 e. The first-order valence-electron chi connectivity index (χ1n) is 3.19. The summed E-state index contributed by atoms with van der Waals surface area (Å²) in [7, 11) is 1.74. The molecule has 0 saturated heterocycles. The summed E-state index contributed by atoms with van der Waals surface area (Å²) in [6.07, 6.45) is 0. The second-order valence-electron chi connectivity index (χ2n) is 2.39. The van der Waals surface area contributed by atoms with Crippen molar-refractivity contribution in [2.24, 2.45) is 0 Å². The monoisotopic (exact) mass is 132 g/mol. The number of hydrogen-bond acceptors (Lipinski definition) is 2. The maximum Gasteiger partial charge on any atom is 0.330 e. The van der Waals surface area contributed by atoms with Crippen LogP contribution < -0.4 is 11.2 Å². The molecule has 0 amide bonds. The lowest BCUT2D eigenvalue weighted by atomic mass is 9.87. The molecule has 1 aliphatic rings. The molecule has 0 aliphatic carbocycles. The Morgan fingerprint density at radius 1 is 1.50 bits per heavy atom. The van der Waals surface area contributed by atoms with E-state index in [0.717, 1.165) is 11.2 Å². The van der Waals surface area contributed by atoms with Crippen LogP contribution >= 0.6 is 0 Å². The van der Waals surface area contributed by atoms with Crippen LogP contribution in [0.1, 0.15) is 5.56 Å². The highest BCUT2D eigenvalue weighted by Crippen LogP contribution is 2.08. The first-order valence-corrected chi connectivity index (χ1v) is 3.19. The standard InChI is InChI=1S/C7H7BNO/c9-6-2-1-5-4-10-8-7(5)3-6/h1-3H,4,9H2. The van der Waals surface area contributed by atoms with Gasteiger partial charge >= 0.3 is 7.48 Å². The Morgan fingerprint density at radius 2 is 2.40 bits per heavy atom. The Balaban J connectivity index is 2.52. The van der Waals surface area contributed by atoms with Crippen LogP contribution in [-0.4, -0.2) is 7.48 Å². The van der Waals surface area contributed by atoms with Crippen LogP contribution in [0.3, 0.4) is 0 Å². The van der Waals surface area contributed by atoms with Crippen LogP contribution in [0.5, 0.6) is 0 Å². The van der Waals surface area contributed by atoms with Crippen LogP contribution in [0.2, 0.25) is 0 Å². The minimum absolute atomic E-state index is 0.690. The smallest absolute Gasteiger partial charge is 0.330 e. The minimum Gasteiger partial charge on any atom is -0.430 e. The van der Waals surface area contributed by atoms with Crippen LogP contribution in [0.25, 0.3) is 0 Å². The van der Waals surface area contributed by atoms with Gasteiger partial charge in [0.15, 0.2) is 0 Å². The van der Waals surface area contributed by atoms with Gasteiger partial charge in [0.05, 0.1) is 6.61 Å². The summed E-state index contributed by atoms with van der Waals surface area (Å²) in [6, 6.07) is 5.80. The molecule has 0 spiro atoms. The molecule has 1 radical (unpaired) electrons. The van der Waals surface area contributed by atoms with E-state index < -0.39 is 0 Å². The van der Waals surface area contributed by atoms with E-state index in [1.165, 1.54) is 5.56 Å². The fourth-order valence-electron chi connectivity index (χ4n) is 1.08. The molecule has 10 heavy (non-hydrogen) atoms. The fourth-order valence-corrected chi connectivity index (χ4v) is 1.08. The molecule has 0 atom stereocenters. The van der Waals surface area contributed by atoms with Crippen LogP contribution in [0, 0.1) is 0 Å². The molecule has 1 aliphatic heterocycles. The number of rotatable bonds is 0. The number of anilines is 1. The average molecular weight is 132 g/mol. The van der Waals surface area contributed by atoms with E-state index >= 15 is 0 Å². The molecule has 0 saturated carbocycles. The third-order valence-corrected chi connectivity index (χ3v) is 1.62. The molecule has 1 aromatic rings. The first kappa shape index (κ1) is 5.80. The summed E-state index contributed by atoms with van der Waals surface area (Å²) in [4.78, 5) is 0. The quantitative estimate of drug-likeness (QED) is 0.399. The summed E-state index contributed by atoms with van der Waals surface area (Å²) in [6.45, 7) is 0.690. The second kappa shape index (κ2) is 2.02. The van der Waals surface area contributed by atoms with E-state index in [0.29, 0.717) is 6.61 Å². The van der Waals surface area contributed by atoms with Crippen molar-refractivity contribution < 1.29 is 4.65 Å². The predicted octanol–water partition coefficient (Wildman–Crippen LogP) is 0.0435. The molecular formula is C7H7BNO. The van der Waals surface area contributed by atoms with E-state index in [1.54, 1.807) is 7.48 Å². The Morgan fingerprint density at radius 3 is 3.30 bits per heavy atom. The molecule has 2 nitrogen and oxygen atoms in total. The normalized spacial score (nSPS) is 14.4. The zero-order valence-corrected chi connectivity index (χ0v) is 5.50. The maximum absolute atomic E-state index is 5.56. The van der Waals surface area contributed by atoms with Gasteiger partial charge in [-0.25, -0.2) is 0 Å². The molecule has 0 unspecified atom stereocenters. The first-order chi connectivity index (χ1) is 4.86. The molecule has 1 heterocycles. The lowest BCUT2D eigenvalue weighted by Crippen LogP contribution is -2.11. The Labute approximate surface area is 60.3 Å². The molecule has 49 valence electrons. The average Bonchev–Trinajstić information content (AvgIpc) is 2.33. The van der Waals surface area contributed by atoms with Crippen molar-refractivity contribution >= 4 is 18.6 Å². The zero-order valence-electron chi connectivity index (χ0n) is 5.50. The topological polar surface area (TPSA) is 35.2 Å². The summed E-state index contributed by atoms with van der Waals surface area (Å²) in [5.74, 6) is 0. The van der Waals surface area contributed by atoms with Crippen molar-refractivity contribution in [1.29, 1.82) is 0 Å². The number of fused-ring (bicyclic) bond motifs is 1. The van der Waals surface area contributed by atoms with Gasteiger partial charge < -0.3 is 10.4 Å². The van der Waals surface area contributed by atoms with Gasteiger partial charge in [-0.05, 0) is 23.2 Å². The lowest BCUT2D eigenvalue weighted by Gasteiger charge is -1.96. The van der Waals surface area contributed by atoms with Crippen LogP contribution in [0.15, 0.2) is 18.2 Å². The Hall–Kier alpha value is -0.955. The Kier molecular flexibility index (Phi) is 1.17. The SMILES string of the molecule is Nc1ccc2c(c1)[B]OC2. The summed E-state index contributed by atoms with van der Waals surface area (Å²) >= 11 is 0. The van der Waals surface area contributed by atoms with Gasteiger partial charge in [0.2, 0.25) is 0 Å². The number of nitrogen functional groups attached to an aromatic ring is 1. The minimum atomic E-state index is 0.690. The van der Waals surface area contributed by atoms with E-state index in [2.05, 4.69) is 0 Å². The van der Waals surface area contributed by atoms with Gasteiger partial charge in [-0.3, -0.25) is 0 Å². The number of hydrogen-bond donors (Lipinski definition) is 1. The van der Waals surface area contributed by atoms with Crippen molar-refractivity contribution in [2.75, 3.05) is 5.73 Å². The molecule has 0 aromatic heterocycles. The third-order valence-electron chi connectivity index (χ3n) is 1.62. The maximum atomic E-state index is 5.56. The highest BCUT2D eigenvalue weighted by atomic mass is 16.4. The van der Waals surface area contributed by atoms with Crippen molar-refractivity contribution in [3.8, 4) is 0 Å². The molecule has 0 fully saturated rings. The van der Waals surface area contributed by atoms with Crippen molar-refractivity contribution in [3.63, 3.8) is 0 Å². The van der Waals surface area contributed by atoms with Crippen LogP contribution in [-0.2, 0) is 11.3 Å². The van der Waals surface area contributed by atoms with E-state index in [4.69, 9.17) is 10.4 Å². The fraction of sp³-hybridized carbons (Fsp3) is 0.143. The zero-order chi connectivity index (χ0) is 6.97. The highest BCUT2D eigenvalue weighted by molar-refractivity contribution is 6.49. The third kappa shape index (κ3) is 0.791. The number of nitrogens with two attached hydrogens (primary N) is 1. The van der Waals surface area contributed by atoms with Crippen LogP contribution in [0.4, 0.5) is 5.69 Å². The molecule has 1 aromatic carbocycles. The van der Waals surface area contributed by atoms with Crippen molar-refractivity contribution in [3.05, 3.63) is 23.8 Å². The van der Waals surface area contributed by atoms with Gasteiger partial charge in [-0.1, -0.05) is 6.07 Å². The highest BCUT2D eigenvalue weighted by Gasteiger charge is 2.11. The van der Waals surface area contributed by atoms with Gasteiger partial charge in [0, 0.05) is 5.69 Å². The van der Waals surface area contributed by atoms with Gasteiger partial charge in [0.25, 0.3) is 0 Å². The van der Waals surface area contributed by atoms with Crippen molar-refractivity contribution in [2.45, 2.75) is 6.61 Å². The van der Waals surface area contributed by atoms with Gasteiger partial charge in [-0.2, -0.15) is 0 Å². The summed E-state index contributed by atoms with van der Waals surface area (Å²) < 4.78 is 5.09. The van der Waals surface area contributed by atoms with E-state index in [1.807, 2.05) is 18.2 Å².